The highest BCUT2D eigenvalue weighted by Crippen LogP contribution is 2.28. The Balaban J connectivity index is 3.12. The van der Waals surface area contributed by atoms with Gasteiger partial charge in [0, 0.05) is 12.0 Å². The Morgan fingerprint density at radius 2 is 2.00 bits per heavy atom. The van der Waals surface area contributed by atoms with E-state index in [0.29, 0.717) is 18.9 Å². The van der Waals surface area contributed by atoms with Crippen molar-refractivity contribution in [2.75, 3.05) is 6.61 Å². The number of hydrogen-bond donors (Lipinski definition) is 0. The van der Waals surface area contributed by atoms with E-state index in [0.717, 1.165) is 16.9 Å². The Kier molecular flexibility index (Phi) is 4.53. The molecule has 0 aromatic heterocycles. The lowest BCUT2D eigenvalue weighted by atomic mass is 9.97. The summed E-state index contributed by atoms with van der Waals surface area (Å²) >= 11 is 0. The molecule has 0 atom stereocenters. The third-order valence-corrected chi connectivity index (χ3v) is 2.57. The maximum Gasteiger partial charge on any atom is 0.162 e. The molecule has 0 bridgehead atoms. The molecular weight excluding hydrogens is 200 g/mol. The molecule has 0 fully saturated rings. The first kappa shape index (κ1) is 12.8. The zero-order chi connectivity index (χ0) is 12.1. The van der Waals surface area contributed by atoms with Gasteiger partial charge in [-0.1, -0.05) is 20.8 Å². The second-order valence-corrected chi connectivity index (χ2v) is 4.12. The predicted octanol–water partition coefficient (Wildman–Crippen LogP) is 3.80. The van der Waals surface area contributed by atoms with Crippen molar-refractivity contribution in [3.63, 3.8) is 0 Å². The van der Waals surface area contributed by atoms with Gasteiger partial charge in [0.15, 0.2) is 5.78 Å². The first-order chi connectivity index (χ1) is 7.60. The quantitative estimate of drug-likeness (QED) is 0.705. The Bertz CT molecular complexity index is 367. The van der Waals surface area contributed by atoms with Crippen molar-refractivity contribution in [2.45, 2.75) is 40.0 Å². The SMILES string of the molecule is CCOc1ccc(C(=O)CC)cc1C(C)C. The highest BCUT2D eigenvalue weighted by Gasteiger charge is 2.11. The summed E-state index contributed by atoms with van der Waals surface area (Å²) in [4.78, 5) is 11.6. The molecule has 88 valence electrons. The van der Waals surface area contributed by atoms with E-state index in [1.807, 2.05) is 32.0 Å². The highest BCUT2D eigenvalue weighted by atomic mass is 16.5. The lowest BCUT2D eigenvalue weighted by Gasteiger charge is -2.14. The summed E-state index contributed by atoms with van der Waals surface area (Å²) < 4.78 is 5.56. The maximum absolute atomic E-state index is 11.6. The summed E-state index contributed by atoms with van der Waals surface area (Å²) in [5.41, 5.74) is 1.90. The molecule has 0 saturated carbocycles. The van der Waals surface area contributed by atoms with Crippen molar-refractivity contribution in [1.29, 1.82) is 0 Å². The second-order valence-electron chi connectivity index (χ2n) is 4.12. The van der Waals surface area contributed by atoms with Crippen molar-refractivity contribution in [2.24, 2.45) is 0 Å². The zero-order valence-electron chi connectivity index (χ0n) is 10.5. The summed E-state index contributed by atoms with van der Waals surface area (Å²) in [6, 6.07) is 5.71. The van der Waals surface area contributed by atoms with Crippen LogP contribution in [0.3, 0.4) is 0 Å². The maximum atomic E-state index is 11.6. The van der Waals surface area contributed by atoms with Crippen LogP contribution < -0.4 is 4.74 Å². The van der Waals surface area contributed by atoms with E-state index in [9.17, 15) is 4.79 Å². The van der Waals surface area contributed by atoms with Crippen LogP contribution in [0.2, 0.25) is 0 Å². The largest absolute Gasteiger partial charge is 0.494 e. The molecular formula is C14H20O2. The number of hydrogen-bond acceptors (Lipinski definition) is 2. The molecule has 2 nitrogen and oxygen atoms in total. The fraction of sp³-hybridized carbons (Fsp3) is 0.500. The fourth-order valence-electron chi connectivity index (χ4n) is 1.66. The Morgan fingerprint density at radius 3 is 2.50 bits per heavy atom. The van der Waals surface area contributed by atoms with Gasteiger partial charge in [0.1, 0.15) is 5.75 Å². The van der Waals surface area contributed by atoms with Crippen molar-refractivity contribution >= 4 is 5.78 Å². The zero-order valence-corrected chi connectivity index (χ0v) is 10.5. The molecule has 1 aromatic rings. The van der Waals surface area contributed by atoms with E-state index in [2.05, 4.69) is 13.8 Å². The van der Waals surface area contributed by atoms with Crippen LogP contribution in [0.4, 0.5) is 0 Å². The number of benzene rings is 1. The molecule has 0 radical (unpaired) electrons. The van der Waals surface area contributed by atoms with Crippen molar-refractivity contribution in [3.8, 4) is 5.75 Å². The Morgan fingerprint density at radius 1 is 1.31 bits per heavy atom. The number of Topliss-reactive ketones (excluding diaryl/α,β-unsaturated/α-hetero) is 1. The van der Waals surface area contributed by atoms with Gasteiger partial charge in [-0.15, -0.1) is 0 Å². The molecule has 0 spiro atoms. The van der Waals surface area contributed by atoms with Gasteiger partial charge in [-0.05, 0) is 36.6 Å². The number of carbonyl (C=O) groups excluding carboxylic acids is 1. The molecule has 0 heterocycles. The Labute approximate surface area is 97.6 Å². The van der Waals surface area contributed by atoms with Crippen LogP contribution in [-0.4, -0.2) is 12.4 Å². The van der Waals surface area contributed by atoms with Crippen LogP contribution in [0.5, 0.6) is 5.75 Å². The van der Waals surface area contributed by atoms with Gasteiger partial charge in [-0.2, -0.15) is 0 Å². The van der Waals surface area contributed by atoms with Gasteiger partial charge in [0.25, 0.3) is 0 Å². The van der Waals surface area contributed by atoms with Crippen molar-refractivity contribution in [1.82, 2.24) is 0 Å². The molecule has 0 aliphatic rings. The van der Waals surface area contributed by atoms with Gasteiger partial charge < -0.3 is 4.74 Å². The molecule has 1 rings (SSSR count). The van der Waals surface area contributed by atoms with Crippen LogP contribution in [0, 0.1) is 0 Å². The lowest BCUT2D eigenvalue weighted by molar-refractivity contribution is 0.0988. The van der Waals surface area contributed by atoms with Crippen LogP contribution in [0.15, 0.2) is 18.2 Å². The number of ketones is 1. The minimum atomic E-state index is 0.185. The smallest absolute Gasteiger partial charge is 0.162 e. The van der Waals surface area contributed by atoms with E-state index in [1.165, 1.54) is 0 Å². The minimum absolute atomic E-state index is 0.185. The summed E-state index contributed by atoms with van der Waals surface area (Å²) in [7, 11) is 0. The molecule has 0 saturated heterocycles. The third-order valence-electron chi connectivity index (χ3n) is 2.57. The monoisotopic (exact) mass is 220 g/mol. The van der Waals surface area contributed by atoms with E-state index < -0.39 is 0 Å². The minimum Gasteiger partial charge on any atom is -0.494 e. The van der Waals surface area contributed by atoms with Gasteiger partial charge >= 0.3 is 0 Å². The molecule has 0 unspecified atom stereocenters. The average molecular weight is 220 g/mol. The van der Waals surface area contributed by atoms with E-state index in [-0.39, 0.29) is 5.78 Å². The molecule has 2 heteroatoms. The summed E-state index contributed by atoms with van der Waals surface area (Å²) in [6.07, 6.45) is 0.547. The number of carbonyl (C=O) groups is 1. The molecule has 16 heavy (non-hydrogen) atoms. The first-order valence-electron chi connectivity index (χ1n) is 5.90. The van der Waals surface area contributed by atoms with Crippen LogP contribution in [0.1, 0.15) is 56.0 Å². The molecule has 0 aliphatic heterocycles. The van der Waals surface area contributed by atoms with Gasteiger partial charge in [0.2, 0.25) is 0 Å². The van der Waals surface area contributed by atoms with Crippen molar-refractivity contribution < 1.29 is 9.53 Å². The van der Waals surface area contributed by atoms with Crippen molar-refractivity contribution in [3.05, 3.63) is 29.3 Å². The normalized spacial score (nSPS) is 10.6. The van der Waals surface area contributed by atoms with E-state index in [1.54, 1.807) is 0 Å². The van der Waals surface area contributed by atoms with Gasteiger partial charge in [-0.3, -0.25) is 4.79 Å². The fourth-order valence-corrected chi connectivity index (χ4v) is 1.66. The van der Waals surface area contributed by atoms with Gasteiger partial charge in [0.05, 0.1) is 6.61 Å². The average Bonchev–Trinajstić information content (AvgIpc) is 2.28. The number of ether oxygens (including phenoxy) is 1. The first-order valence-corrected chi connectivity index (χ1v) is 5.90. The highest BCUT2D eigenvalue weighted by molar-refractivity contribution is 5.96. The molecule has 0 N–H and O–H groups in total. The van der Waals surface area contributed by atoms with Crippen LogP contribution in [0.25, 0.3) is 0 Å². The van der Waals surface area contributed by atoms with Crippen LogP contribution in [-0.2, 0) is 0 Å². The lowest BCUT2D eigenvalue weighted by Crippen LogP contribution is -2.02. The standard InChI is InChI=1S/C14H20O2/c1-5-13(15)11-7-8-14(16-6-2)12(9-11)10(3)4/h7-10H,5-6H2,1-4H3. The summed E-state index contributed by atoms with van der Waals surface area (Å²) in [5, 5.41) is 0. The van der Waals surface area contributed by atoms with E-state index >= 15 is 0 Å². The summed E-state index contributed by atoms with van der Waals surface area (Å²) in [5.74, 6) is 1.45. The summed E-state index contributed by atoms with van der Waals surface area (Å²) in [6.45, 7) is 8.72. The third kappa shape index (κ3) is 2.84. The topological polar surface area (TPSA) is 26.3 Å². The number of rotatable bonds is 5. The van der Waals surface area contributed by atoms with Gasteiger partial charge in [-0.25, -0.2) is 0 Å². The van der Waals surface area contributed by atoms with Crippen LogP contribution >= 0.6 is 0 Å². The Hall–Kier alpha value is -1.31. The molecule has 0 amide bonds. The van der Waals surface area contributed by atoms with E-state index in [4.69, 9.17) is 4.74 Å². The predicted molar refractivity (Wildman–Crippen MR) is 66.3 cm³/mol. The second kappa shape index (κ2) is 5.69. The molecule has 1 aromatic carbocycles. The molecule has 0 aliphatic carbocycles.